The molecule has 31 heavy (non-hydrogen) atoms. The minimum Gasteiger partial charge on any atom is -0.497 e. The van der Waals surface area contributed by atoms with Crippen molar-refractivity contribution in [2.45, 2.75) is 31.8 Å². The molecule has 1 aromatic carbocycles. The average Bonchev–Trinajstić information content (AvgIpc) is 3.37. The second kappa shape index (κ2) is 7.38. The van der Waals surface area contributed by atoms with Gasteiger partial charge in [-0.3, -0.25) is 19.2 Å². The number of benzene rings is 1. The monoisotopic (exact) mass is 431 g/mol. The van der Waals surface area contributed by atoms with Crippen LogP contribution in [0, 0.1) is 11.8 Å². The van der Waals surface area contributed by atoms with Crippen LogP contribution < -0.4 is 14.4 Å². The standard InChI is InChI=1S/C21H21NO9/c1-10(23)29-20(30-11(2)24)21-8-7-15(31-21)16-17(21)19(26)22(18(16)25)13-9-12(27-3)5-6-14(13)28-4/h5-9,15-17,20H,1-4H3/t15-,16+,17+,21-/m1/s1. The highest BCUT2D eigenvalue weighted by Crippen LogP contribution is 2.55. The van der Waals surface area contributed by atoms with Crippen LogP contribution in [-0.2, 0) is 33.4 Å². The third kappa shape index (κ3) is 3.05. The first-order valence-electron chi connectivity index (χ1n) is 9.55. The average molecular weight is 431 g/mol. The van der Waals surface area contributed by atoms with Gasteiger partial charge in [-0.05, 0) is 18.2 Å². The van der Waals surface area contributed by atoms with Crippen LogP contribution >= 0.6 is 0 Å². The molecule has 0 spiro atoms. The van der Waals surface area contributed by atoms with E-state index >= 15 is 0 Å². The first kappa shape index (κ1) is 20.9. The smallest absolute Gasteiger partial charge is 0.305 e. The van der Waals surface area contributed by atoms with Gasteiger partial charge in [-0.25, -0.2) is 4.90 Å². The number of ether oxygens (including phenoxy) is 5. The summed E-state index contributed by atoms with van der Waals surface area (Å²) in [4.78, 5) is 51.2. The summed E-state index contributed by atoms with van der Waals surface area (Å²) in [6.07, 6.45) is 0.866. The van der Waals surface area contributed by atoms with Gasteiger partial charge in [0, 0.05) is 19.9 Å². The van der Waals surface area contributed by atoms with Crippen LogP contribution in [0.15, 0.2) is 30.4 Å². The van der Waals surface area contributed by atoms with Gasteiger partial charge < -0.3 is 23.7 Å². The van der Waals surface area contributed by atoms with Gasteiger partial charge in [0.25, 0.3) is 6.29 Å². The molecule has 10 heteroatoms. The molecule has 4 atom stereocenters. The fraction of sp³-hybridized carbons (Fsp3) is 0.429. The number of fused-ring (bicyclic) bond motifs is 5. The molecule has 1 aromatic rings. The third-order valence-corrected chi connectivity index (χ3v) is 5.62. The van der Waals surface area contributed by atoms with Gasteiger partial charge >= 0.3 is 11.9 Å². The summed E-state index contributed by atoms with van der Waals surface area (Å²) in [5, 5.41) is 0. The summed E-state index contributed by atoms with van der Waals surface area (Å²) in [5.41, 5.74) is -1.39. The van der Waals surface area contributed by atoms with Crippen molar-refractivity contribution in [3.63, 3.8) is 0 Å². The van der Waals surface area contributed by atoms with Crippen LogP contribution in [0.2, 0.25) is 0 Å². The molecule has 4 rings (SSSR count). The number of methoxy groups -OCH3 is 2. The molecule has 3 aliphatic heterocycles. The summed E-state index contributed by atoms with van der Waals surface area (Å²) in [7, 11) is 2.88. The summed E-state index contributed by atoms with van der Waals surface area (Å²) >= 11 is 0. The summed E-state index contributed by atoms with van der Waals surface area (Å²) < 4.78 is 26.9. The van der Waals surface area contributed by atoms with Gasteiger partial charge in [0.05, 0.1) is 37.8 Å². The van der Waals surface area contributed by atoms with Crippen molar-refractivity contribution < 1.29 is 42.9 Å². The van der Waals surface area contributed by atoms with Crippen LogP contribution in [0.5, 0.6) is 11.5 Å². The number of hydrogen-bond acceptors (Lipinski definition) is 9. The first-order valence-corrected chi connectivity index (χ1v) is 9.55. The van der Waals surface area contributed by atoms with Crippen molar-refractivity contribution in [3.05, 3.63) is 30.4 Å². The molecule has 2 fully saturated rings. The van der Waals surface area contributed by atoms with E-state index in [-0.39, 0.29) is 5.69 Å². The number of carbonyl (C=O) groups excluding carboxylic acids is 4. The molecule has 2 saturated heterocycles. The lowest BCUT2D eigenvalue weighted by atomic mass is 9.76. The molecule has 0 N–H and O–H groups in total. The fourth-order valence-corrected chi connectivity index (χ4v) is 4.43. The molecule has 0 aromatic heterocycles. The van der Waals surface area contributed by atoms with E-state index in [2.05, 4.69) is 0 Å². The highest BCUT2D eigenvalue weighted by molar-refractivity contribution is 6.24. The lowest BCUT2D eigenvalue weighted by Crippen LogP contribution is -2.52. The number of amides is 2. The van der Waals surface area contributed by atoms with E-state index in [0.717, 1.165) is 18.7 Å². The maximum Gasteiger partial charge on any atom is 0.305 e. The number of nitrogens with zero attached hydrogens (tertiary/aromatic N) is 1. The van der Waals surface area contributed by atoms with Crippen molar-refractivity contribution in [2.75, 3.05) is 19.1 Å². The minimum atomic E-state index is -1.61. The quantitative estimate of drug-likeness (QED) is 0.281. The maximum absolute atomic E-state index is 13.6. The number of hydrogen-bond donors (Lipinski definition) is 0. The highest BCUT2D eigenvalue weighted by Gasteiger charge is 2.72. The van der Waals surface area contributed by atoms with E-state index in [9.17, 15) is 19.2 Å². The number of rotatable bonds is 6. The van der Waals surface area contributed by atoms with Crippen LogP contribution in [0.1, 0.15) is 13.8 Å². The van der Waals surface area contributed by atoms with Gasteiger partial charge in [0.1, 0.15) is 11.5 Å². The van der Waals surface area contributed by atoms with Gasteiger partial charge in [0.2, 0.25) is 11.8 Å². The Balaban J connectivity index is 1.78. The topological polar surface area (TPSA) is 118 Å². The lowest BCUT2D eigenvalue weighted by molar-refractivity contribution is -0.226. The molecule has 2 bridgehead atoms. The molecule has 0 aliphatic carbocycles. The molecule has 0 unspecified atom stereocenters. The zero-order valence-corrected chi connectivity index (χ0v) is 17.3. The molecule has 0 radical (unpaired) electrons. The largest absolute Gasteiger partial charge is 0.497 e. The summed E-state index contributed by atoms with van der Waals surface area (Å²) in [6.45, 7) is 2.29. The second-order valence-electron chi connectivity index (χ2n) is 7.40. The van der Waals surface area contributed by atoms with Crippen molar-refractivity contribution in [2.24, 2.45) is 11.8 Å². The SMILES string of the molecule is COc1ccc(OC)c(N2C(=O)[C@@H]3[C@@H](C2=O)[C@@]2(C(OC(C)=O)OC(C)=O)C=C[C@H]3O2)c1. The Morgan fingerprint density at radius 2 is 1.74 bits per heavy atom. The first-order chi connectivity index (χ1) is 14.7. The van der Waals surface area contributed by atoms with Crippen molar-refractivity contribution in [1.82, 2.24) is 0 Å². The number of imide groups is 1. The number of carbonyl (C=O) groups is 4. The van der Waals surface area contributed by atoms with Crippen molar-refractivity contribution >= 4 is 29.4 Å². The normalized spacial score (nSPS) is 28.2. The third-order valence-electron chi connectivity index (χ3n) is 5.62. The highest BCUT2D eigenvalue weighted by atomic mass is 16.7. The Labute approximate surface area is 177 Å². The molecule has 164 valence electrons. The van der Waals surface area contributed by atoms with Gasteiger partial charge in [-0.1, -0.05) is 6.08 Å². The van der Waals surface area contributed by atoms with E-state index < -0.39 is 53.6 Å². The Morgan fingerprint density at radius 1 is 1.06 bits per heavy atom. The maximum atomic E-state index is 13.6. The number of anilines is 1. The van der Waals surface area contributed by atoms with E-state index in [1.54, 1.807) is 18.2 Å². The Morgan fingerprint density at radius 3 is 2.32 bits per heavy atom. The van der Waals surface area contributed by atoms with Crippen LogP contribution in [0.4, 0.5) is 5.69 Å². The van der Waals surface area contributed by atoms with Crippen molar-refractivity contribution in [1.29, 1.82) is 0 Å². The lowest BCUT2D eigenvalue weighted by Gasteiger charge is -2.34. The molecule has 10 nitrogen and oxygen atoms in total. The van der Waals surface area contributed by atoms with Crippen LogP contribution in [0.25, 0.3) is 0 Å². The van der Waals surface area contributed by atoms with Crippen molar-refractivity contribution in [3.8, 4) is 11.5 Å². The van der Waals surface area contributed by atoms with Crippen LogP contribution in [0.3, 0.4) is 0 Å². The van der Waals surface area contributed by atoms with E-state index in [1.165, 1.54) is 26.4 Å². The molecule has 3 aliphatic rings. The fourth-order valence-electron chi connectivity index (χ4n) is 4.43. The molecule has 3 heterocycles. The van der Waals surface area contributed by atoms with E-state index in [4.69, 9.17) is 23.7 Å². The molecule has 2 amide bonds. The Hall–Kier alpha value is -3.40. The molecular formula is C21H21NO9. The van der Waals surface area contributed by atoms with Gasteiger partial charge in [-0.15, -0.1) is 0 Å². The number of esters is 2. The molecule has 0 saturated carbocycles. The van der Waals surface area contributed by atoms with E-state index in [1.807, 2.05) is 0 Å². The predicted molar refractivity (Wildman–Crippen MR) is 103 cm³/mol. The Bertz CT molecular complexity index is 987. The predicted octanol–water partition coefficient (Wildman–Crippen LogP) is 0.969. The summed E-state index contributed by atoms with van der Waals surface area (Å²) in [6, 6.07) is 4.75. The summed E-state index contributed by atoms with van der Waals surface area (Å²) in [5.74, 6) is -3.75. The van der Waals surface area contributed by atoms with Crippen LogP contribution in [-0.4, -0.2) is 56.0 Å². The van der Waals surface area contributed by atoms with Gasteiger partial charge in [-0.2, -0.15) is 0 Å². The second-order valence-corrected chi connectivity index (χ2v) is 7.40. The van der Waals surface area contributed by atoms with Gasteiger partial charge in [0.15, 0.2) is 5.60 Å². The zero-order chi connectivity index (χ0) is 22.5. The van der Waals surface area contributed by atoms with E-state index in [0.29, 0.717) is 11.5 Å². The minimum absolute atomic E-state index is 0.220. The zero-order valence-electron chi connectivity index (χ0n) is 17.3. The molecular weight excluding hydrogens is 410 g/mol. The Kier molecular flexibility index (Phi) is 4.97.